The van der Waals surface area contributed by atoms with Crippen molar-refractivity contribution in [2.45, 2.75) is 57.2 Å². The fraction of sp³-hybridized carbons (Fsp3) is 0.393. The molecule has 1 N–H and O–H groups in total. The number of carbonyl (C=O) groups excluding carboxylic acids is 3. The molecule has 1 aliphatic carbocycles. The van der Waals surface area contributed by atoms with Gasteiger partial charge in [0.15, 0.2) is 11.6 Å². The zero-order valence-corrected chi connectivity index (χ0v) is 20.7. The number of benzene rings is 2. The summed E-state index contributed by atoms with van der Waals surface area (Å²) in [6.45, 7) is 1.34. The molecule has 2 aromatic carbocycles. The van der Waals surface area contributed by atoms with Crippen LogP contribution in [0.5, 0.6) is 0 Å². The Morgan fingerprint density at radius 2 is 1.92 bits per heavy atom. The van der Waals surface area contributed by atoms with Crippen LogP contribution >= 0.6 is 11.6 Å². The Hall–Kier alpha value is -3.03. The Kier molecular flexibility index (Phi) is 6.70. The van der Waals surface area contributed by atoms with Gasteiger partial charge in [-0.1, -0.05) is 41.9 Å². The number of hydrogen-bond donors (Lipinski definition) is 1. The summed E-state index contributed by atoms with van der Waals surface area (Å²) < 4.78 is 16.5. The summed E-state index contributed by atoms with van der Waals surface area (Å²) >= 11 is 5.95. The molecule has 1 saturated carbocycles. The van der Waals surface area contributed by atoms with Crippen molar-refractivity contribution in [2.24, 2.45) is 5.92 Å². The highest BCUT2D eigenvalue weighted by Gasteiger charge is 2.55. The number of fused-ring (bicyclic) bond motifs is 2. The van der Waals surface area contributed by atoms with Crippen molar-refractivity contribution >= 4 is 40.0 Å². The largest absolute Gasteiger partial charge is 0.396 e. The molecule has 5 rings (SSSR count). The molecular formula is C28H28ClFN2O4. The van der Waals surface area contributed by atoms with Gasteiger partial charge in [-0.15, -0.1) is 0 Å². The molecule has 1 aromatic heterocycles. The minimum Gasteiger partial charge on any atom is -0.396 e. The predicted octanol–water partition coefficient (Wildman–Crippen LogP) is 4.75. The topological polar surface area (TPSA) is 79.6 Å². The second kappa shape index (κ2) is 9.79. The second-order valence-corrected chi connectivity index (χ2v) is 10.3. The lowest BCUT2D eigenvalue weighted by Gasteiger charge is -2.28. The maximum Gasteiger partial charge on any atom is 0.243 e. The van der Waals surface area contributed by atoms with Gasteiger partial charge in [0.05, 0.1) is 11.1 Å². The number of nitrogens with zero attached hydrogens (tertiary/aromatic N) is 2. The minimum atomic E-state index is -0.576. The molecule has 0 unspecified atom stereocenters. The normalized spacial score (nSPS) is 21.4. The van der Waals surface area contributed by atoms with Crippen LogP contribution in [0.25, 0.3) is 10.9 Å². The highest BCUT2D eigenvalue weighted by molar-refractivity contribution is 6.30. The van der Waals surface area contributed by atoms with Crippen molar-refractivity contribution in [3.05, 3.63) is 70.6 Å². The van der Waals surface area contributed by atoms with Crippen LogP contribution in [-0.4, -0.2) is 50.7 Å². The molecule has 1 aliphatic heterocycles. The molecule has 0 bridgehead atoms. The van der Waals surface area contributed by atoms with Gasteiger partial charge in [0.1, 0.15) is 12.4 Å². The van der Waals surface area contributed by atoms with E-state index in [4.69, 9.17) is 11.6 Å². The van der Waals surface area contributed by atoms with Crippen molar-refractivity contribution in [3.63, 3.8) is 0 Å². The van der Waals surface area contributed by atoms with Gasteiger partial charge in [-0.3, -0.25) is 14.4 Å². The summed E-state index contributed by atoms with van der Waals surface area (Å²) in [5.74, 6) is -1.17. The number of aliphatic hydroxyl groups excluding tert-OH is 1. The number of ketones is 2. The molecule has 8 heteroatoms. The summed E-state index contributed by atoms with van der Waals surface area (Å²) in [5, 5.41) is 10.3. The standard InChI is InChI=1S/C28H28ClFN2O4/c1-16(34)21-14-31(23-8-3-2-5-20(21)23)15-27(36)32-24-11-18(24)12-25(32)26(35)13-17(9-10-33)19-6-4-7-22(29)28(19)30/h2-8,14,17-18,24-25,33H,9-13,15H2,1H3/t17-,18+,24+,25-/m0/s1. The molecule has 1 amide bonds. The van der Waals surface area contributed by atoms with Crippen molar-refractivity contribution < 1.29 is 23.9 Å². The van der Waals surface area contributed by atoms with E-state index in [9.17, 15) is 23.9 Å². The van der Waals surface area contributed by atoms with E-state index in [1.807, 2.05) is 24.3 Å². The van der Waals surface area contributed by atoms with Gasteiger partial charge in [-0.05, 0) is 55.7 Å². The molecule has 0 radical (unpaired) electrons. The van der Waals surface area contributed by atoms with Crippen LogP contribution in [0.3, 0.4) is 0 Å². The quantitative estimate of drug-likeness (QED) is 0.421. The first kappa shape index (κ1) is 24.7. The fourth-order valence-corrected chi connectivity index (χ4v) is 5.91. The van der Waals surface area contributed by atoms with E-state index in [1.54, 1.807) is 27.8 Å². The van der Waals surface area contributed by atoms with Crippen LogP contribution in [0.15, 0.2) is 48.7 Å². The lowest BCUT2D eigenvalue weighted by molar-refractivity contribution is -0.139. The Morgan fingerprint density at radius 3 is 2.67 bits per heavy atom. The van der Waals surface area contributed by atoms with Crippen LogP contribution in [0, 0.1) is 11.7 Å². The van der Waals surface area contributed by atoms with E-state index >= 15 is 0 Å². The molecule has 2 fully saturated rings. The number of likely N-dealkylation sites (tertiary alicyclic amines) is 1. The molecule has 0 spiro atoms. The lowest BCUT2D eigenvalue weighted by Crippen LogP contribution is -2.45. The first-order chi connectivity index (χ1) is 17.3. The van der Waals surface area contributed by atoms with Crippen molar-refractivity contribution in [2.75, 3.05) is 6.61 Å². The summed E-state index contributed by atoms with van der Waals surface area (Å²) in [7, 11) is 0. The van der Waals surface area contributed by atoms with E-state index in [1.165, 1.54) is 13.0 Å². The maximum atomic E-state index is 14.7. The number of hydrogen-bond acceptors (Lipinski definition) is 4. The van der Waals surface area contributed by atoms with Gasteiger partial charge in [-0.25, -0.2) is 4.39 Å². The SMILES string of the molecule is CC(=O)c1cn(CC(=O)N2[C@@H]3C[C@@H]3C[C@H]2C(=O)C[C@H](CCO)c2cccc(Cl)c2F)c2ccccc12. The van der Waals surface area contributed by atoms with Crippen molar-refractivity contribution in [1.29, 1.82) is 0 Å². The molecule has 4 atom stereocenters. The predicted molar refractivity (Wildman–Crippen MR) is 135 cm³/mol. The highest BCUT2D eigenvalue weighted by atomic mass is 35.5. The van der Waals surface area contributed by atoms with Crippen molar-refractivity contribution in [3.8, 4) is 0 Å². The number of aliphatic hydroxyl groups is 1. The van der Waals surface area contributed by atoms with E-state index < -0.39 is 17.8 Å². The van der Waals surface area contributed by atoms with Gasteiger partial charge in [-0.2, -0.15) is 0 Å². The van der Waals surface area contributed by atoms with Crippen molar-refractivity contribution in [1.82, 2.24) is 9.47 Å². The monoisotopic (exact) mass is 510 g/mol. The molecule has 6 nitrogen and oxygen atoms in total. The number of piperidine rings is 1. The first-order valence-electron chi connectivity index (χ1n) is 12.3. The summed E-state index contributed by atoms with van der Waals surface area (Å²) in [5.41, 5.74) is 1.67. The molecule has 1 saturated heterocycles. The van der Waals surface area contributed by atoms with Gasteiger partial charge in [0.2, 0.25) is 5.91 Å². The zero-order valence-electron chi connectivity index (χ0n) is 20.0. The second-order valence-electron chi connectivity index (χ2n) is 9.88. The van der Waals surface area contributed by atoms with E-state index in [0.29, 0.717) is 23.5 Å². The molecular weight excluding hydrogens is 483 g/mol. The summed E-state index contributed by atoms with van der Waals surface area (Å²) in [6, 6.07) is 11.6. The molecule has 2 aliphatic rings. The third kappa shape index (κ3) is 4.46. The number of para-hydroxylation sites is 1. The van der Waals surface area contributed by atoms with Crippen LogP contribution in [0.4, 0.5) is 4.39 Å². The fourth-order valence-electron chi connectivity index (χ4n) is 5.73. The Bertz CT molecular complexity index is 1350. The molecule has 2 heterocycles. The Balaban J connectivity index is 1.37. The van der Waals surface area contributed by atoms with Gasteiger partial charge < -0.3 is 14.6 Å². The number of Topliss-reactive ketones (excluding diaryl/α,β-unsaturated/α-hetero) is 2. The molecule has 188 valence electrons. The smallest absolute Gasteiger partial charge is 0.243 e. The average molecular weight is 511 g/mol. The number of amides is 1. The van der Waals surface area contributed by atoms with E-state index in [0.717, 1.165) is 17.3 Å². The molecule has 36 heavy (non-hydrogen) atoms. The minimum absolute atomic E-state index is 0.0205. The molecule has 3 aromatic rings. The first-order valence-corrected chi connectivity index (χ1v) is 12.6. The van der Waals surface area contributed by atoms with E-state index in [2.05, 4.69) is 0 Å². The number of rotatable bonds is 9. The zero-order chi connectivity index (χ0) is 25.6. The van der Waals surface area contributed by atoms with Gasteiger partial charge >= 0.3 is 0 Å². The Morgan fingerprint density at radius 1 is 1.14 bits per heavy atom. The number of carbonyl (C=O) groups is 3. The summed E-state index contributed by atoms with van der Waals surface area (Å²) in [6.07, 6.45) is 3.43. The van der Waals surface area contributed by atoms with E-state index in [-0.39, 0.29) is 54.5 Å². The third-order valence-electron chi connectivity index (χ3n) is 7.58. The average Bonchev–Trinajstić information content (AvgIpc) is 3.35. The highest BCUT2D eigenvalue weighted by Crippen LogP contribution is 2.49. The third-order valence-corrected chi connectivity index (χ3v) is 7.88. The van der Waals surface area contributed by atoms with Gasteiger partial charge in [0.25, 0.3) is 0 Å². The summed E-state index contributed by atoms with van der Waals surface area (Å²) in [4.78, 5) is 40.8. The lowest BCUT2D eigenvalue weighted by atomic mass is 9.88. The number of aromatic nitrogens is 1. The van der Waals surface area contributed by atoms with Crippen LogP contribution in [0.2, 0.25) is 5.02 Å². The van der Waals surface area contributed by atoms with Crippen LogP contribution < -0.4 is 0 Å². The van der Waals surface area contributed by atoms with Crippen LogP contribution in [-0.2, 0) is 16.1 Å². The number of halogens is 2. The Labute approximate surface area is 213 Å². The maximum absolute atomic E-state index is 14.7. The van der Waals surface area contributed by atoms with Crippen LogP contribution in [0.1, 0.15) is 54.4 Å². The van der Waals surface area contributed by atoms with Gasteiger partial charge in [0, 0.05) is 41.7 Å².